The molecule has 0 bridgehead atoms. The van der Waals surface area contributed by atoms with Gasteiger partial charge in [0.25, 0.3) is 17.7 Å². The molecule has 1 aliphatic carbocycles. The van der Waals surface area contributed by atoms with Crippen LogP contribution in [-0.4, -0.2) is 115 Å². The maximum absolute atomic E-state index is 13.1. The second-order valence-electron chi connectivity index (χ2n) is 20.2. The molecule has 3 amide bonds. The molecule has 5 aliphatic heterocycles. The van der Waals surface area contributed by atoms with E-state index in [4.69, 9.17) is 52.6 Å². The number of allylic oxidation sites excluding steroid dienone is 3. The van der Waals surface area contributed by atoms with Gasteiger partial charge in [0.2, 0.25) is 17.9 Å². The van der Waals surface area contributed by atoms with Crippen molar-refractivity contribution in [2.45, 2.75) is 57.8 Å². The fraction of sp³-hybridized carbons (Fsp3) is 0.224. The zero-order valence-corrected chi connectivity index (χ0v) is 49.6. The lowest BCUT2D eigenvalue weighted by Crippen LogP contribution is -2.44. The van der Waals surface area contributed by atoms with Crippen LogP contribution >= 0.6 is 34.8 Å². The second kappa shape index (κ2) is 24.9. The van der Waals surface area contributed by atoms with Gasteiger partial charge in [-0.15, -0.1) is 0 Å². The van der Waals surface area contributed by atoms with E-state index in [0.29, 0.717) is 131 Å². The van der Waals surface area contributed by atoms with Crippen LogP contribution in [0.1, 0.15) is 45.3 Å². The number of oxazole rings is 3. The zero-order chi connectivity index (χ0) is 61.2. The van der Waals surface area contributed by atoms with Gasteiger partial charge in [0.15, 0.2) is 22.6 Å². The molecule has 10 heterocycles. The number of anilines is 4. The summed E-state index contributed by atoms with van der Waals surface area (Å²) in [5, 5.41) is 36.3. The van der Waals surface area contributed by atoms with Crippen LogP contribution in [0.4, 0.5) is 23.9 Å². The number of carbonyl (C=O) groups is 3. The lowest BCUT2D eigenvalue weighted by Gasteiger charge is -2.26. The van der Waals surface area contributed by atoms with E-state index in [1.54, 1.807) is 44.9 Å². The Morgan fingerprint density at radius 2 is 1.03 bits per heavy atom. The number of aryl methyl sites for hydroxylation is 1. The lowest BCUT2D eigenvalue weighted by atomic mass is 9.98. The van der Waals surface area contributed by atoms with Crippen LogP contribution in [0.5, 0.6) is 0 Å². The summed E-state index contributed by atoms with van der Waals surface area (Å²) in [7, 11) is 3.31. The van der Waals surface area contributed by atoms with Gasteiger partial charge in [0, 0.05) is 49.5 Å². The summed E-state index contributed by atoms with van der Waals surface area (Å²) in [6, 6.07) is 23.0. The van der Waals surface area contributed by atoms with E-state index in [0.717, 1.165) is 23.9 Å². The average Bonchev–Trinajstić information content (AvgIpc) is 3.07. The van der Waals surface area contributed by atoms with Crippen molar-refractivity contribution in [1.82, 2.24) is 56.5 Å². The third-order valence-electron chi connectivity index (χ3n) is 14.0. The largest absolute Gasteiger partial charge is 0.423 e. The van der Waals surface area contributed by atoms with Crippen molar-refractivity contribution in [1.29, 1.82) is 0 Å². The van der Waals surface area contributed by atoms with Crippen LogP contribution in [0.25, 0.3) is 33.3 Å². The summed E-state index contributed by atoms with van der Waals surface area (Å²) in [4.78, 5) is 74.3. The van der Waals surface area contributed by atoms with Gasteiger partial charge in [-0.3, -0.25) is 45.0 Å². The number of guanidine groups is 3. The van der Waals surface area contributed by atoms with Crippen molar-refractivity contribution < 1.29 is 32.2 Å². The summed E-state index contributed by atoms with van der Waals surface area (Å²) in [6.45, 7) is 6.35. The van der Waals surface area contributed by atoms with Crippen LogP contribution in [0.2, 0.25) is 5.02 Å². The molecule has 0 saturated heterocycles. The minimum absolute atomic E-state index is 0.147. The first kappa shape index (κ1) is 58.0. The monoisotopic (exact) mass is 1250 g/mol. The predicted molar refractivity (Wildman–Crippen MR) is 334 cm³/mol. The van der Waals surface area contributed by atoms with Gasteiger partial charge in [-0.1, -0.05) is 76.4 Å². The van der Waals surface area contributed by atoms with E-state index in [-0.39, 0.29) is 29.7 Å². The van der Waals surface area contributed by atoms with Crippen molar-refractivity contribution in [3.63, 3.8) is 0 Å². The van der Waals surface area contributed by atoms with Crippen molar-refractivity contribution in [3.05, 3.63) is 158 Å². The number of nitrogens with zero attached hydrogens (tertiary/aromatic N) is 11. The first-order chi connectivity index (χ1) is 42.6. The van der Waals surface area contributed by atoms with E-state index >= 15 is 0 Å². The SMILES string of the molecule is CC1=C(C(=O)NC2CC2)C(C2=NCC=C2Cl)N=C(Nc2nc3ccccc3o2)N1.CC1=C(C(=O)Nc2ccon2)C(c2nn(C)cc2Cl)N=C(Nc2nc3ccccc3o2)N1.CNC(=O)C1=C(C)NC(Nc2nc3ccccc3o2)=NC1C1=NCC=C1Cl. The summed E-state index contributed by atoms with van der Waals surface area (Å²) >= 11 is 19.0. The van der Waals surface area contributed by atoms with E-state index in [1.807, 2.05) is 85.8 Å². The van der Waals surface area contributed by atoms with Crippen molar-refractivity contribution >= 4 is 139 Å². The number of benzene rings is 3. The Labute approximate surface area is 514 Å². The molecule has 14 rings (SSSR count). The molecule has 0 spiro atoms. The normalized spacial score (nSPS) is 18.9. The maximum atomic E-state index is 13.1. The molecule has 5 aromatic heterocycles. The highest BCUT2D eigenvalue weighted by Gasteiger charge is 2.38. The average molecular weight is 1250 g/mol. The highest BCUT2D eigenvalue weighted by atomic mass is 35.5. The van der Waals surface area contributed by atoms with E-state index < -0.39 is 24.0 Å². The molecule has 9 N–H and O–H groups in total. The third kappa shape index (κ3) is 12.6. The van der Waals surface area contributed by atoms with Crippen LogP contribution < -0.4 is 47.9 Å². The molecule has 6 aliphatic rings. The maximum Gasteiger partial charge on any atom is 0.302 e. The van der Waals surface area contributed by atoms with Gasteiger partial charge in [0.1, 0.15) is 46.6 Å². The molecule has 0 radical (unpaired) electrons. The Bertz CT molecular complexity index is 4320. The number of fused-ring (bicyclic) bond motifs is 3. The fourth-order valence-electron chi connectivity index (χ4n) is 9.77. The molecule has 88 heavy (non-hydrogen) atoms. The first-order valence-electron chi connectivity index (χ1n) is 27.4. The number of halogens is 3. The summed E-state index contributed by atoms with van der Waals surface area (Å²) in [6.07, 6.45) is 8.62. The van der Waals surface area contributed by atoms with Crippen LogP contribution in [0.15, 0.2) is 190 Å². The van der Waals surface area contributed by atoms with Gasteiger partial charge in [-0.25, -0.2) is 15.0 Å². The Kier molecular flexibility index (Phi) is 16.4. The minimum Gasteiger partial charge on any atom is -0.423 e. The van der Waals surface area contributed by atoms with E-state index in [1.165, 1.54) is 12.3 Å². The molecule has 3 unspecified atom stereocenters. The highest BCUT2D eigenvalue weighted by Crippen LogP contribution is 2.35. The summed E-state index contributed by atoms with van der Waals surface area (Å²) in [5.74, 6) is 0.622. The van der Waals surface area contributed by atoms with Gasteiger partial charge in [-0.2, -0.15) is 20.1 Å². The number of hydrogen-bond acceptors (Lipinski definition) is 23. The number of carbonyl (C=O) groups excluding carboxylic acids is 3. The number of rotatable bonds is 11. The number of likely N-dealkylation sites (N-methyl/N-ethyl adjacent to an activating group) is 1. The van der Waals surface area contributed by atoms with Crippen molar-refractivity contribution in [2.24, 2.45) is 32.0 Å². The third-order valence-corrected chi connectivity index (χ3v) is 15.0. The van der Waals surface area contributed by atoms with Gasteiger partial charge >= 0.3 is 18.0 Å². The van der Waals surface area contributed by atoms with E-state index in [2.05, 4.69) is 98.0 Å². The molecule has 1 saturated carbocycles. The molecule has 27 nitrogen and oxygen atoms in total. The number of nitrogens with one attached hydrogen (secondary N) is 9. The summed E-state index contributed by atoms with van der Waals surface area (Å²) in [5.41, 5.74) is 8.92. The number of amides is 3. The summed E-state index contributed by atoms with van der Waals surface area (Å²) < 4.78 is 23.5. The van der Waals surface area contributed by atoms with Crippen LogP contribution in [0, 0.1) is 0 Å². The molecule has 1 fully saturated rings. The number of hydrogen-bond donors (Lipinski definition) is 9. The van der Waals surface area contributed by atoms with Crippen LogP contribution in [0.3, 0.4) is 0 Å². The number of aromatic nitrogens is 6. The molecule has 448 valence electrons. The molecule has 3 atom stereocenters. The quantitative estimate of drug-likeness (QED) is 0.0590. The molecule has 30 heteroatoms. The highest BCUT2D eigenvalue weighted by molar-refractivity contribution is 6.46. The Hall–Kier alpha value is -10.4. The van der Waals surface area contributed by atoms with Crippen molar-refractivity contribution in [3.8, 4) is 0 Å². The standard InChI is InChI=1S/C20H17ClN8O3.C20H19ClN6O2.C18H17ClN6O2/c1-10-15(18(30)24-14-7-8-31-28-14)17(16-11(21)9-29(2)27-16)25-19(22-10)26-20-23-12-5-3-4-6-13(12)32-20;1-10-15(18(28)24-11-6-7-11)17(16-12(21)8-9-22-16)26-19(23-10)27-20-25-13-4-2-3-5-14(13)29-20;1-9-13(16(26)20-2)15(14-10(19)7-8-21-14)24-17(22-9)25-18-23-11-5-3-4-6-12(11)27-18/h3-9,17H,1-2H3,(H,24,28,30)(H2,22,23,25,26);2-5,8,11,17H,6-7,9H2,1H3,(H,24,28)(H2,23,25,26,27);3-7,15H,8H2,1-2H3,(H,20,26)(H2,22,23,24,25). The fourth-order valence-corrected chi connectivity index (χ4v) is 10.5. The first-order valence-corrected chi connectivity index (χ1v) is 28.5. The van der Waals surface area contributed by atoms with Gasteiger partial charge in [0.05, 0.1) is 56.3 Å². The van der Waals surface area contributed by atoms with Crippen LogP contribution in [-0.2, 0) is 21.4 Å². The smallest absolute Gasteiger partial charge is 0.302 e. The number of aliphatic imine (C=N–C) groups is 5. The topological polar surface area (TPSA) is 343 Å². The zero-order valence-electron chi connectivity index (χ0n) is 47.4. The molecule has 8 aromatic rings. The minimum atomic E-state index is -0.788. The van der Waals surface area contributed by atoms with Gasteiger partial charge < -0.3 is 49.7 Å². The van der Waals surface area contributed by atoms with Gasteiger partial charge in [-0.05, 0) is 82.2 Å². The Morgan fingerprint density at radius 1 is 0.591 bits per heavy atom. The molecular weight excluding hydrogens is 1200 g/mol. The molecule has 3 aromatic carbocycles. The predicted octanol–water partition coefficient (Wildman–Crippen LogP) is 8.09. The second-order valence-corrected chi connectivity index (χ2v) is 21.4. The Morgan fingerprint density at radius 3 is 1.42 bits per heavy atom. The molecular formula is C58H53Cl3N20O7. The Balaban J connectivity index is 0.000000129. The number of para-hydroxylation sites is 6. The van der Waals surface area contributed by atoms with E-state index in [9.17, 15) is 14.4 Å². The lowest BCUT2D eigenvalue weighted by molar-refractivity contribution is -0.118. The van der Waals surface area contributed by atoms with Crippen molar-refractivity contribution in [2.75, 3.05) is 41.4 Å².